The van der Waals surface area contributed by atoms with Crippen LogP contribution in [0.15, 0.2) is 72.3 Å². The van der Waals surface area contributed by atoms with Crippen molar-refractivity contribution in [2.24, 2.45) is 0 Å². The van der Waals surface area contributed by atoms with Crippen LogP contribution in [0.2, 0.25) is 0 Å². The molecule has 0 aromatic heterocycles. The van der Waals surface area contributed by atoms with Crippen LogP contribution in [0.25, 0.3) is 5.76 Å². The fraction of sp³-hybridized carbons (Fsp3) is 0.281. The SMILES string of the molecule is Cc1cccc(C2/C(=C(/O)c3ccc(OC(C)C)c(C)c3)C(=O)C(=O)N2c2ccc(C(=O)OC(C)C)cc2)c1. The van der Waals surface area contributed by atoms with Crippen molar-refractivity contribution in [1.82, 2.24) is 0 Å². The van der Waals surface area contributed by atoms with Gasteiger partial charge in [-0.3, -0.25) is 14.5 Å². The zero-order valence-corrected chi connectivity index (χ0v) is 23.0. The highest BCUT2D eigenvalue weighted by Crippen LogP contribution is 2.42. The molecule has 1 amide bonds. The normalized spacial score (nSPS) is 16.7. The van der Waals surface area contributed by atoms with Gasteiger partial charge in [0, 0.05) is 11.3 Å². The molecular formula is C32H33NO6. The zero-order valence-electron chi connectivity index (χ0n) is 23.0. The lowest BCUT2D eigenvalue weighted by Crippen LogP contribution is -2.29. The smallest absolute Gasteiger partial charge is 0.338 e. The Morgan fingerprint density at radius 1 is 0.872 bits per heavy atom. The summed E-state index contributed by atoms with van der Waals surface area (Å²) in [5, 5.41) is 11.5. The summed E-state index contributed by atoms with van der Waals surface area (Å²) in [5.74, 6) is -1.62. The molecule has 1 heterocycles. The maximum atomic E-state index is 13.5. The van der Waals surface area contributed by atoms with E-state index < -0.39 is 23.7 Å². The largest absolute Gasteiger partial charge is 0.507 e. The van der Waals surface area contributed by atoms with Crippen LogP contribution >= 0.6 is 0 Å². The molecule has 0 saturated carbocycles. The van der Waals surface area contributed by atoms with Crippen LogP contribution < -0.4 is 9.64 Å². The first kappa shape index (κ1) is 27.6. The number of ether oxygens (including phenoxy) is 2. The summed E-state index contributed by atoms with van der Waals surface area (Å²) in [7, 11) is 0. The average Bonchev–Trinajstić information content (AvgIpc) is 3.14. The molecule has 7 heteroatoms. The molecule has 3 aromatic carbocycles. The number of esters is 1. The minimum atomic E-state index is -0.870. The van der Waals surface area contributed by atoms with E-state index in [-0.39, 0.29) is 23.5 Å². The van der Waals surface area contributed by atoms with Gasteiger partial charge in [-0.05, 0) is 95.1 Å². The Kier molecular flexibility index (Phi) is 7.90. The molecule has 1 fully saturated rings. The van der Waals surface area contributed by atoms with Crippen molar-refractivity contribution in [2.45, 2.75) is 59.8 Å². The molecule has 1 atom stereocenters. The first-order chi connectivity index (χ1) is 18.5. The number of ketones is 1. The molecule has 1 aliphatic heterocycles. The third kappa shape index (κ3) is 5.72. The molecule has 7 nitrogen and oxygen atoms in total. The van der Waals surface area contributed by atoms with Crippen LogP contribution in [-0.4, -0.2) is 35.0 Å². The Bertz CT molecular complexity index is 1450. The number of carbonyl (C=O) groups excluding carboxylic acids is 3. The van der Waals surface area contributed by atoms with Crippen molar-refractivity contribution >= 4 is 29.1 Å². The number of carbonyl (C=O) groups is 3. The first-order valence-electron chi connectivity index (χ1n) is 12.9. The van der Waals surface area contributed by atoms with Gasteiger partial charge in [0.2, 0.25) is 0 Å². The molecule has 0 radical (unpaired) electrons. The lowest BCUT2D eigenvalue weighted by molar-refractivity contribution is -0.132. The highest BCUT2D eigenvalue weighted by molar-refractivity contribution is 6.51. The quantitative estimate of drug-likeness (QED) is 0.168. The fourth-order valence-corrected chi connectivity index (χ4v) is 4.63. The topological polar surface area (TPSA) is 93.1 Å². The molecule has 0 spiro atoms. The number of nitrogens with zero attached hydrogens (tertiary/aromatic N) is 1. The Labute approximate surface area is 228 Å². The van der Waals surface area contributed by atoms with E-state index in [1.165, 1.54) is 4.90 Å². The second kappa shape index (κ2) is 11.2. The van der Waals surface area contributed by atoms with E-state index in [1.54, 1.807) is 56.3 Å². The number of hydrogen-bond acceptors (Lipinski definition) is 6. The Morgan fingerprint density at radius 3 is 2.13 bits per heavy atom. The summed E-state index contributed by atoms with van der Waals surface area (Å²) >= 11 is 0. The third-order valence-electron chi connectivity index (χ3n) is 6.34. The number of rotatable bonds is 7. The van der Waals surface area contributed by atoms with Crippen LogP contribution in [0.4, 0.5) is 5.69 Å². The summed E-state index contributed by atoms with van der Waals surface area (Å²) < 4.78 is 11.1. The Hall–Kier alpha value is -4.39. The highest BCUT2D eigenvalue weighted by Gasteiger charge is 2.47. The van der Waals surface area contributed by atoms with E-state index in [2.05, 4.69) is 0 Å². The van der Waals surface area contributed by atoms with E-state index in [9.17, 15) is 19.5 Å². The predicted molar refractivity (Wildman–Crippen MR) is 150 cm³/mol. The molecule has 3 aromatic rings. The van der Waals surface area contributed by atoms with Crippen molar-refractivity contribution in [3.63, 3.8) is 0 Å². The van der Waals surface area contributed by atoms with E-state index in [0.717, 1.165) is 11.1 Å². The molecule has 1 unspecified atom stereocenters. The van der Waals surface area contributed by atoms with Crippen LogP contribution in [-0.2, 0) is 14.3 Å². The van der Waals surface area contributed by atoms with Crippen molar-refractivity contribution < 1.29 is 29.0 Å². The number of hydrogen-bond donors (Lipinski definition) is 1. The summed E-state index contributed by atoms with van der Waals surface area (Å²) in [4.78, 5) is 40.6. The molecule has 4 rings (SSSR count). The Morgan fingerprint density at radius 2 is 1.54 bits per heavy atom. The monoisotopic (exact) mass is 527 g/mol. The van der Waals surface area contributed by atoms with E-state index >= 15 is 0 Å². The molecule has 1 N–H and O–H groups in total. The second-order valence-electron chi connectivity index (χ2n) is 10.2. The summed E-state index contributed by atoms with van der Waals surface area (Å²) in [6.45, 7) is 11.2. The molecule has 1 saturated heterocycles. The van der Waals surface area contributed by atoms with Gasteiger partial charge in [-0.1, -0.05) is 29.8 Å². The summed E-state index contributed by atoms with van der Waals surface area (Å²) in [5.41, 5.74) is 3.55. The average molecular weight is 528 g/mol. The van der Waals surface area contributed by atoms with Crippen molar-refractivity contribution in [1.29, 1.82) is 0 Å². The van der Waals surface area contributed by atoms with Crippen LogP contribution in [0.1, 0.15) is 66.3 Å². The number of Topliss-reactive ketones (excluding diaryl/α,β-unsaturated/α-hetero) is 1. The van der Waals surface area contributed by atoms with Crippen molar-refractivity contribution in [2.75, 3.05) is 4.90 Å². The number of benzene rings is 3. The van der Waals surface area contributed by atoms with E-state index in [4.69, 9.17) is 9.47 Å². The lowest BCUT2D eigenvalue weighted by Gasteiger charge is -2.26. The fourth-order valence-electron chi connectivity index (χ4n) is 4.63. The van der Waals surface area contributed by atoms with Crippen LogP contribution in [0.3, 0.4) is 0 Å². The number of aliphatic hydroxyl groups excluding tert-OH is 1. The van der Waals surface area contributed by atoms with Gasteiger partial charge in [0.05, 0.1) is 29.4 Å². The van der Waals surface area contributed by atoms with Crippen LogP contribution in [0.5, 0.6) is 5.75 Å². The summed E-state index contributed by atoms with van der Waals surface area (Å²) in [6, 6.07) is 18.1. The second-order valence-corrected chi connectivity index (χ2v) is 10.2. The standard InChI is InChI=1S/C32H33NO6/c1-18(2)38-26-15-12-24(17-21(26)6)29(34)27-28(23-9-7-8-20(5)16-23)33(31(36)30(27)35)25-13-10-22(11-14-25)32(37)39-19(3)4/h7-19,28,34H,1-6H3/b29-27-. The van der Waals surface area contributed by atoms with Crippen molar-refractivity contribution in [3.05, 3.63) is 100 Å². The number of amides is 1. The first-order valence-corrected chi connectivity index (χ1v) is 12.9. The van der Waals surface area contributed by atoms with Gasteiger partial charge in [-0.2, -0.15) is 0 Å². The molecule has 0 bridgehead atoms. The molecule has 1 aliphatic rings. The highest BCUT2D eigenvalue weighted by atomic mass is 16.5. The predicted octanol–water partition coefficient (Wildman–Crippen LogP) is 6.28. The van der Waals surface area contributed by atoms with Gasteiger partial charge < -0.3 is 14.6 Å². The van der Waals surface area contributed by atoms with E-state index in [1.807, 2.05) is 52.0 Å². The van der Waals surface area contributed by atoms with Gasteiger partial charge in [0.25, 0.3) is 11.7 Å². The maximum absolute atomic E-state index is 13.5. The molecule has 202 valence electrons. The molecule has 39 heavy (non-hydrogen) atoms. The minimum Gasteiger partial charge on any atom is -0.507 e. The minimum absolute atomic E-state index is 0.00850. The Balaban J connectivity index is 1.83. The lowest BCUT2D eigenvalue weighted by atomic mass is 9.93. The maximum Gasteiger partial charge on any atom is 0.338 e. The molecule has 0 aliphatic carbocycles. The van der Waals surface area contributed by atoms with Gasteiger partial charge in [-0.25, -0.2) is 4.79 Å². The summed E-state index contributed by atoms with van der Waals surface area (Å²) in [6.07, 6.45) is -0.292. The van der Waals surface area contributed by atoms with Crippen molar-refractivity contribution in [3.8, 4) is 5.75 Å². The third-order valence-corrected chi connectivity index (χ3v) is 6.34. The van der Waals surface area contributed by atoms with Gasteiger partial charge in [0.1, 0.15) is 11.5 Å². The van der Waals surface area contributed by atoms with E-state index in [0.29, 0.717) is 28.1 Å². The number of aliphatic hydroxyl groups is 1. The van der Waals surface area contributed by atoms with Gasteiger partial charge >= 0.3 is 5.97 Å². The molecular weight excluding hydrogens is 494 g/mol. The van der Waals surface area contributed by atoms with Gasteiger partial charge in [-0.15, -0.1) is 0 Å². The zero-order chi connectivity index (χ0) is 28.4. The van der Waals surface area contributed by atoms with Crippen LogP contribution in [0, 0.1) is 13.8 Å². The number of anilines is 1. The van der Waals surface area contributed by atoms with Gasteiger partial charge in [0.15, 0.2) is 0 Å². The number of aryl methyl sites for hydroxylation is 2.